The van der Waals surface area contributed by atoms with Gasteiger partial charge in [-0.05, 0) is 42.5 Å². The Kier molecular flexibility index (Phi) is 3.67. The van der Waals surface area contributed by atoms with E-state index in [4.69, 9.17) is 5.73 Å². The van der Waals surface area contributed by atoms with E-state index >= 15 is 0 Å². The van der Waals surface area contributed by atoms with E-state index < -0.39 is 6.04 Å². The molecule has 0 fully saturated rings. The summed E-state index contributed by atoms with van der Waals surface area (Å²) < 4.78 is 0. The van der Waals surface area contributed by atoms with Crippen LogP contribution in [0.1, 0.15) is 22.0 Å². The zero-order chi connectivity index (χ0) is 13.1. The molecule has 3 N–H and O–H groups in total. The van der Waals surface area contributed by atoms with Crippen LogP contribution >= 0.6 is 11.3 Å². The second-order valence-electron chi connectivity index (χ2n) is 4.26. The summed E-state index contributed by atoms with van der Waals surface area (Å²) in [5, 5.41) is 5.20. The van der Waals surface area contributed by atoms with E-state index in [1.54, 1.807) is 11.3 Å². The zero-order valence-corrected chi connectivity index (χ0v) is 11.3. The Balaban J connectivity index is 2.31. The summed E-state index contributed by atoms with van der Waals surface area (Å²) in [5.41, 5.74) is 8.62. The number of carbonyl (C=O) groups is 1. The van der Waals surface area contributed by atoms with E-state index in [0.717, 1.165) is 21.7 Å². The van der Waals surface area contributed by atoms with Crippen molar-refractivity contribution in [2.24, 2.45) is 5.73 Å². The van der Waals surface area contributed by atoms with Crippen molar-refractivity contribution in [2.75, 3.05) is 5.32 Å². The second-order valence-corrected chi connectivity index (χ2v) is 5.21. The highest BCUT2D eigenvalue weighted by molar-refractivity contribution is 7.10. The maximum Gasteiger partial charge on any atom is 0.245 e. The van der Waals surface area contributed by atoms with Crippen LogP contribution in [0, 0.1) is 13.8 Å². The Labute approximate surface area is 111 Å². The highest BCUT2D eigenvalue weighted by Crippen LogP contribution is 2.28. The van der Waals surface area contributed by atoms with Crippen molar-refractivity contribution in [3.8, 4) is 0 Å². The number of primary amides is 1. The first-order chi connectivity index (χ1) is 8.59. The molecule has 0 radical (unpaired) electrons. The largest absolute Gasteiger partial charge is 0.369 e. The zero-order valence-electron chi connectivity index (χ0n) is 10.4. The monoisotopic (exact) mass is 260 g/mol. The SMILES string of the molecule is Cc1ccccc1NC(C(N)=O)c1sccc1C. The molecule has 94 valence electrons. The second kappa shape index (κ2) is 5.23. The molecular weight excluding hydrogens is 244 g/mol. The van der Waals surface area contributed by atoms with Gasteiger partial charge in [-0.25, -0.2) is 0 Å². The molecule has 1 aromatic heterocycles. The van der Waals surface area contributed by atoms with Crippen molar-refractivity contribution in [1.29, 1.82) is 0 Å². The lowest BCUT2D eigenvalue weighted by Gasteiger charge is -2.18. The first-order valence-electron chi connectivity index (χ1n) is 5.75. The summed E-state index contributed by atoms with van der Waals surface area (Å²) in [4.78, 5) is 12.6. The maximum absolute atomic E-state index is 11.6. The normalized spacial score (nSPS) is 12.1. The number of benzene rings is 1. The summed E-state index contributed by atoms with van der Waals surface area (Å²) >= 11 is 1.55. The molecule has 2 rings (SSSR count). The standard InChI is InChI=1S/C14H16N2OS/c1-9-5-3-4-6-11(9)16-12(14(15)17)13-10(2)7-8-18-13/h3-8,12,16H,1-2H3,(H2,15,17). The molecule has 4 heteroatoms. The van der Waals surface area contributed by atoms with Gasteiger partial charge in [0, 0.05) is 10.6 Å². The minimum absolute atomic E-state index is 0.358. The third-order valence-electron chi connectivity index (χ3n) is 2.89. The predicted octanol–water partition coefficient (Wildman–Crippen LogP) is 3.00. The fourth-order valence-electron chi connectivity index (χ4n) is 1.84. The summed E-state index contributed by atoms with van der Waals surface area (Å²) in [6, 6.07) is 9.39. The van der Waals surface area contributed by atoms with Gasteiger partial charge in [-0.1, -0.05) is 18.2 Å². The lowest BCUT2D eigenvalue weighted by atomic mass is 10.1. The smallest absolute Gasteiger partial charge is 0.245 e. The van der Waals surface area contributed by atoms with E-state index in [1.165, 1.54) is 0 Å². The average molecular weight is 260 g/mol. The minimum Gasteiger partial charge on any atom is -0.369 e. The van der Waals surface area contributed by atoms with Gasteiger partial charge in [-0.15, -0.1) is 11.3 Å². The predicted molar refractivity (Wildman–Crippen MR) is 75.8 cm³/mol. The van der Waals surface area contributed by atoms with Crippen molar-refractivity contribution in [1.82, 2.24) is 0 Å². The van der Waals surface area contributed by atoms with E-state index in [0.29, 0.717) is 0 Å². The molecular formula is C14H16N2OS. The molecule has 1 unspecified atom stereocenters. The topological polar surface area (TPSA) is 55.1 Å². The lowest BCUT2D eigenvalue weighted by molar-refractivity contribution is -0.118. The molecule has 1 atom stereocenters. The number of hydrogen-bond acceptors (Lipinski definition) is 3. The highest BCUT2D eigenvalue weighted by atomic mass is 32.1. The maximum atomic E-state index is 11.6. The van der Waals surface area contributed by atoms with Crippen LogP contribution in [-0.4, -0.2) is 5.91 Å². The number of thiophene rings is 1. The Hall–Kier alpha value is -1.81. The van der Waals surface area contributed by atoms with Gasteiger partial charge in [0.2, 0.25) is 5.91 Å². The molecule has 0 aliphatic rings. The van der Waals surface area contributed by atoms with Crippen LogP contribution in [0.4, 0.5) is 5.69 Å². The van der Waals surface area contributed by atoms with Crippen LogP contribution in [-0.2, 0) is 4.79 Å². The van der Waals surface area contributed by atoms with Crippen LogP contribution in [0.2, 0.25) is 0 Å². The Morgan fingerprint density at radius 3 is 2.50 bits per heavy atom. The molecule has 2 aromatic rings. The lowest BCUT2D eigenvalue weighted by Crippen LogP contribution is -2.27. The molecule has 1 heterocycles. The van der Waals surface area contributed by atoms with Crippen molar-refractivity contribution in [3.05, 3.63) is 51.7 Å². The van der Waals surface area contributed by atoms with Gasteiger partial charge in [-0.3, -0.25) is 4.79 Å². The molecule has 1 aromatic carbocycles. The number of para-hydroxylation sites is 1. The summed E-state index contributed by atoms with van der Waals surface area (Å²) in [7, 11) is 0. The first-order valence-corrected chi connectivity index (χ1v) is 6.63. The number of rotatable bonds is 4. The quantitative estimate of drug-likeness (QED) is 0.888. The van der Waals surface area contributed by atoms with Crippen LogP contribution in [0.25, 0.3) is 0 Å². The minimum atomic E-state index is -0.467. The van der Waals surface area contributed by atoms with E-state index in [2.05, 4.69) is 5.32 Å². The number of carbonyl (C=O) groups excluding carboxylic acids is 1. The molecule has 0 bridgehead atoms. The fraction of sp³-hybridized carbons (Fsp3) is 0.214. The summed E-state index contributed by atoms with van der Waals surface area (Å²) in [6.45, 7) is 3.99. The molecule has 0 aliphatic carbocycles. The number of aryl methyl sites for hydroxylation is 2. The number of hydrogen-bond donors (Lipinski definition) is 2. The molecule has 0 saturated heterocycles. The van der Waals surface area contributed by atoms with Gasteiger partial charge in [0.15, 0.2) is 0 Å². The van der Waals surface area contributed by atoms with Crippen molar-refractivity contribution in [3.63, 3.8) is 0 Å². The van der Waals surface area contributed by atoms with Crippen LogP contribution in [0.3, 0.4) is 0 Å². The third kappa shape index (κ3) is 2.54. The number of nitrogens with one attached hydrogen (secondary N) is 1. The van der Waals surface area contributed by atoms with Gasteiger partial charge in [0.25, 0.3) is 0 Å². The van der Waals surface area contributed by atoms with Crippen molar-refractivity contribution in [2.45, 2.75) is 19.9 Å². The molecule has 0 saturated carbocycles. The highest BCUT2D eigenvalue weighted by Gasteiger charge is 2.21. The molecule has 18 heavy (non-hydrogen) atoms. The van der Waals surface area contributed by atoms with Gasteiger partial charge < -0.3 is 11.1 Å². The first kappa shape index (κ1) is 12.6. The molecule has 3 nitrogen and oxygen atoms in total. The Morgan fingerprint density at radius 2 is 1.94 bits per heavy atom. The van der Waals surface area contributed by atoms with Crippen molar-refractivity contribution < 1.29 is 4.79 Å². The van der Waals surface area contributed by atoms with E-state index in [-0.39, 0.29) is 5.91 Å². The number of anilines is 1. The Bertz CT molecular complexity index is 562. The molecule has 0 spiro atoms. The van der Waals surface area contributed by atoms with Gasteiger partial charge in [0.1, 0.15) is 6.04 Å². The van der Waals surface area contributed by atoms with E-state index in [9.17, 15) is 4.79 Å². The average Bonchev–Trinajstić information content (AvgIpc) is 2.74. The molecule has 0 aliphatic heterocycles. The van der Waals surface area contributed by atoms with Crippen LogP contribution < -0.4 is 11.1 Å². The van der Waals surface area contributed by atoms with Gasteiger partial charge in [0.05, 0.1) is 0 Å². The fourth-order valence-corrected chi connectivity index (χ4v) is 2.82. The Morgan fingerprint density at radius 1 is 1.22 bits per heavy atom. The van der Waals surface area contributed by atoms with E-state index in [1.807, 2.05) is 49.6 Å². The third-order valence-corrected chi connectivity index (χ3v) is 3.98. The van der Waals surface area contributed by atoms with Crippen LogP contribution in [0.5, 0.6) is 0 Å². The summed E-state index contributed by atoms with van der Waals surface area (Å²) in [6.07, 6.45) is 0. The summed E-state index contributed by atoms with van der Waals surface area (Å²) in [5.74, 6) is -0.358. The number of nitrogens with two attached hydrogens (primary N) is 1. The number of amides is 1. The van der Waals surface area contributed by atoms with Gasteiger partial charge >= 0.3 is 0 Å². The van der Waals surface area contributed by atoms with Crippen LogP contribution in [0.15, 0.2) is 35.7 Å². The van der Waals surface area contributed by atoms with Gasteiger partial charge in [-0.2, -0.15) is 0 Å². The van der Waals surface area contributed by atoms with Crippen molar-refractivity contribution >= 4 is 22.9 Å². The molecule has 1 amide bonds.